The average Bonchev–Trinajstić information content (AvgIpc) is 2.45. The van der Waals surface area contributed by atoms with Crippen molar-refractivity contribution >= 4 is 27.6 Å². The molecule has 0 saturated carbocycles. The largest absolute Gasteiger partial charge is 0.497 e. The Bertz CT molecular complexity index is 628. The summed E-state index contributed by atoms with van der Waals surface area (Å²) in [7, 11) is 1.61. The maximum atomic E-state index is 11.2. The van der Waals surface area contributed by atoms with Gasteiger partial charge in [0.1, 0.15) is 5.75 Å². The molecule has 0 fully saturated rings. The predicted octanol–water partition coefficient (Wildman–Crippen LogP) is 3.77. The predicted molar refractivity (Wildman–Crippen MR) is 81.4 cm³/mol. The molecule has 4 nitrogen and oxygen atoms in total. The van der Waals surface area contributed by atoms with Gasteiger partial charge in [-0.1, -0.05) is 28.1 Å². The molecule has 0 saturated heterocycles. The van der Waals surface area contributed by atoms with Crippen LogP contribution in [0.2, 0.25) is 0 Å². The molecule has 2 aromatic rings. The van der Waals surface area contributed by atoms with E-state index in [0.29, 0.717) is 12.2 Å². The van der Waals surface area contributed by atoms with Crippen LogP contribution in [-0.2, 0) is 6.54 Å². The second-order valence-electron chi connectivity index (χ2n) is 4.20. The molecule has 0 bridgehead atoms. The Balaban J connectivity index is 2.17. The van der Waals surface area contributed by atoms with Crippen LogP contribution in [0.25, 0.3) is 0 Å². The van der Waals surface area contributed by atoms with Crippen molar-refractivity contribution in [2.75, 3.05) is 12.4 Å². The smallest absolute Gasteiger partial charge is 0.337 e. The van der Waals surface area contributed by atoms with Gasteiger partial charge in [-0.05, 0) is 35.9 Å². The number of carbonyl (C=O) groups is 1. The number of benzene rings is 2. The summed E-state index contributed by atoms with van der Waals surface area (Å²) in [5.41, 5.74) is 1.84. The summed E-state index contributed by atoms with van der Waals surface area (Å²) < 4.78 is 5.99. The maximum absolute atomic E-state index is 11.2. The molecule has 104 valence electrons. The Kier molecular flexibility index (Phi) is 4.63. The molecule has 0 aliphatic carbocycles. The molecule has 2 N–H and O–H groups in total. The first-order valence-electron chi connectivity index (χ1n) is 6.00. The SMILES string of the molecule is COc1cccc(CNc2cc(Br)ccc2C(=O)O)c1. The van der Waals surface area contributed by atoms with Gasteiger partial charge in [0.25, 0.3) is 0 Å². The molecule has 2 rings (SSSR count). The number of nitrogens with one attached hydrogen (secondary N) is 1. The normalized spacial score (nSPS) is 10.1. The van der Waals surface area contributed by atoms with Gasteiger partial charge in [-0.2, -0.15) is 0 Å². The number of rotatable bonds is 5. The lowest BCUT2D eigenvalue weighted by Gasteiger charge is -2.11. The Morgan fingerprint density at radius 1 is 1.30 bits per heavy atom. The van der Waals surface area contributed by atoms with E-state index in [9.17, 15) is 4.79 Å². The van der Waals surface area contributed by atoms with Crippen LogP contribution in [0.4, 0.5) is 5.69 Å². The lowest BCUT2D eigenvalue weighted by atomic mass is 10.1. The first-order chi connectivity index (χ1) is 9.60. The number of aromatic carboxylic acids is 1. The third kappa shape index (κ3) is 3.51. The van der Waals surface area contributed by atoms with Crippen LogP contribution >= 0.6 is 15.9 Å². The number of ether oxygens (including phenoxy) is 1. The standard InChI is InChI=1S/C15H14BrNO3/c1-20-12-4-2-3-10(7-12)9-17-14-8-11(16)5-6-13(14)15(18)19/h2-8,17H,9H2,1H3,(H,18,19). The summed E-state index contributed by atoms with van der Waals surface area (Å²) in [5.74, 6) is -0.178. The summed E-state index contributed by atoms with van der Waals surface area (Å²) >= 11 is 3.34. The Labute approximate surface area is 125 Å². The molecule has 0 atom stereocenters. The maximum Gasteiger partial charge on any atom is 0.337 e. The molecular weight excluding hydrogens is 322 g/mol. The van der Waals surface area contributed by atoms with Gasteiger partial charge in [-0.25, -0.2) is 4.79 Å². The topological polar surface area (TPSA) is 58.6 Å². The number of hydrogen-bond donors (Lipinski definition) is 2. The fraction of sp³-hybridized carbons (Fsp3) is 0.133. The minimum absolute atomic E-state index is 0.246. The summed E-state index contributed by atoms with van der Waals surface area (Å²) in [5, 5.41) is 12.3. The van der Waals surface area contributed by atoms with Crippen LogP contribution in [0.15, 0.2) is 46.9 Å². The van der Waals surface area contributed by atoms with Crippen LogP contribution in [0.5, 0.6) is 5.75 Å². The number of methoxy groups -OCH3 is 1. The molecule has 0 spiro atoms. The summed E-state index contributed by atoms with van der Waals surface area (Å²) in [6, 6.07) is 12.7. The van der Waals surface area contributed by atoms with Crippen LogP contribution in [0.3, 0.4) is 0 Å². The lowest BCUT2D eigenvalue weighted by Crippen LogP contribution is -2.06. The van der Waals surface area contributed by atoms with Crippen molar-refractivity contribution in [3.63, 3.8) is 0 Å². The molecule has 0 aliphatic heterocycles. The van der Waals surface area contributed by atoms with Crippen LogP contribution < -0.4 is 10.1 Å². The van der Waals surface area contributed by atoms with E-state index < -0.39 is 5.97 Å². The van der Waals surface area contributed by atoms with Crippen molar-refractivity contribution in [1.82, 2.24) is 0 Å². The summed E-state index contributed by atoms with van der Waals surface area (Å²) in [6.45, 7) is 0.522. The second kappa shape index (κ2) is 6.43. The Morgan fingerprint density at radius 3 is 2.80 bits per heavy atom. The van der Waals surface area contributed by atoms with Crippen molar-refractivity contribution in [2.45, 2.75) is 6.54 Å². The molecule has 0 aliphatic rings. The Morgan fingerprint density at radius 2 is 2.10 bits per heavy atom. The van der Waals surface area contributed by atoms with E-state index in [2.05, 4.69) is 21.2 Å². The minimum Gasteiger partial charge on any atom is -0.497 e. The van der Waals surface area contributed by atoms with Gasteiger partial charge >= 0.3 is 5.97 Å². The van der Waals surface area contributed by atoms with Crippen molar-refractivity contribution in [3.05, 3.63) is 58.1 Å². The third-order valence-corrected chi connectivity index (χ3v) is 3.32. The van der Waals surface area contributed by atoms with Crippen LogP contribution in [-0.4, -0.2) is 18.2 Å². The molecule has 0 amide bonds. The molecule has 0 radical (unpaired) electrons. The van der Waals surface area contributed by atoms with E-state index in [1.165, 1.54) is 0 Å². The average molecular weight is 336 g/mol. The zero-order valence-corrected chi connectivity index (χ0v) is 12.5. The van der Waals surface area contributed by atoms with Gasteiger partial charge in [0.15, 0.2) is 0 Å². The molecule has 2 aromatic carbocycles. The van der Waals surface area contributed by atoms with Gasteiger partial charge in [-0.15, -0.1) is 0 Å². The van der Waals surface area contributed by atoms with E-state index in [1.807, 2.05) is 24.3 Å². The first-order valence-corrected chi connectivity index (χ1v) is 6.79. The number of carboxylic acid groups (broad SMARTS) is 1. The highest BCUT2D eigenvalue weighted by atomic mass is 79.9. The van der Waals surface area contributed by atoms with E-state index in [0.717, 1.165) is 15.8 Å². The molecule has 20 heavy (non-hydrogen) atoms. The fourth-order valence-corrected chi connectivity index (χ4v) is 2.19. The summed E-state index contributed by atoms with van der Waals surface area (Å²) in [4.78, 5) is 11.2. The lowest BCUT2D eigenvalue weighted by molar-refractivity contribution is 0.0698. The highest BCUT2D eigenvalue weighted by Gasteiger charge is 2.10. The van der Waals surface area contributed by atoms with Gasteiger partial charge in [-0.3, -0.25) is 0 Å². The second-order valence-corrected chi connectivity index (χ2v) is 5.12. The van der Waals surface area contributed by atoms with Crippen molar-refractivity contribution in [1.29, 1.82) is 0 Å². The van der Waals surface area contributed by atoms with Crippen molar-refractivity contribution in [3.8, 4) is 5.75 Å². The quantitative estimate of drug-likeness (QED) is 0.873. The molecule has 0 heterocycles. The molecular formula is C15H14BrNO3. The van der Waals surface area contributed by atoms with Gasteiger partial charge in [0.05, 0.1) is 18.4 Å². The van der Waals surface area contributed by atoms with E-state index in [4.69, 9.17) is 9.84 Å². The van der Waals surface area contributed by atoms with E-state index in [1.54, 1.807) is 25.3 Å². The van der Waals surface area contributed by atoms with Gasteiger partial charge in [0.2, 0.25) is 0 Å². The number of halogens is 1. The highest BCUT2D eigenvalue weighted by Crippen LogP contribution is 2.22. The number of carboxylic acids is 1. The van der Waals surface area contributed by atoms with Crippen molar-refractivity contribution in [2.24, 2.45) is 0 Å². The minimum atomic E-state index is -0.953. The third-order valence-electron chi connectivity index (χ3n) is 2.83. The van der Waals surface area contributed by atoms with Crippen LogP contribution in [0, 0.1) is 0 Å². The molecule has 5 heteroatoms. The monoisotopic (exact) mass is 335 g/mol. The highest BCUT2D eigenvalue weighted by molar-refractivity contribution is 9.10. The zero-order chi connectivity index (χ0) is 14.5. The van der Waals surface area contributed by atoms with Crippen LogP contribution in [0.1, 0.15) is 15.9 Å². The summed E-state index contributed by atoms with van der Waals surface area (Å²) in [6.07, 6.45) is 0. The fourth-order valence-electron chi connectivity index (χ4n) is 1.83. The van der Waals surface area contributed by atoms with E-state index in [-0.39, 0.29) is 5.56 Å². The van der Waals surface area contributed by atoms with Gasteiger partial charge < -0.3 is 15.2 Å². The zero-order valence-electron chi connectivity index (χ0n) is 10.9. The first kappa shape index (κ1) is 14.4. The van der Waals surface area contributed by atoms with E-state index >= 15 is 0 Å². The molecule has 0 aromatic heterocycles. The Hall–Kier alpha value is -2.01. The van der Waals surface area contributed by atoms with Gasteiger partial charge in [0, 0.05) is 11.0 Å². The number of anilines is 1. The molecule has 0 unspecified atom stereocenters. The number of hydrogen-bond acceptors (Lipinski definition) is 3. The van der Waals surface area contributed by atoms with Crippen molar-refractivity contribution < 1.29 is 14.6 Å².